The van der Waals surface area contributed by atoms with E-state index in [4.69, 9.17) is 9.52 Å². The Hall–Kier alpha value is -2.14. The maximum atomic E-state index is 13.4. The summed E-state index contributed by atoms with van der Waals surface area (Å²) in [7, 11) is 0. The van der Waals surface area contributed by atoms with Gasteiger partial charge in [-0.2, -0.15) is 0 Å². The monoisotopic (exact) mass is 250 g/mol. The Kier molecular flexibility index (Phi) is 3.16. The number of benzene rings is 1. The molecule has 0 amide bonds. The van der Waals surface area contributed by atoms with Crippen LogP contribution in [0.4, 0.5) is 4.39 Å². The zero-order valence-corrected chi connectivity index (χ0v) is 9.55. The van der Waals surface area contributed by atoms with E-state index in [-0.39, 0.29) is 11.5 Å². The molecule has 4 nitrogen and oxygen atoms in total. The SMILES string of the molecule is Cc1ccc(C(O)c2ccc(C(=O)O)o2)cc1F. The van der Waals surface area contributed by atoms with Crippen LogP contribution >= 0.6 is 0 Å². The first kappa shape index (κ1) is 12.3. The Morgan fingerprint density at radius 1 is 1.33 bits per heavy atom. The average Bonchev–Trinajstić information content (AvgIpc) is 2.81. The second-order valence-corrected chi connectivity index (χ2v) is 3.92. The van der Waals surface area contributed by atoms with Gasteiger partial charge in [-0.3, -0.25) is 0 Å². The van der Waals surface area contributed by atoms with Crippen molar-refractivity contribution in [3.63, 3.8) is 0 Å². The number of rotatable bonds is 3. The molecule has 1 unspecified atom stereocenters. The number of aryl methyl sites for hydroxylation is 1. The van der Waals surface area contributed by atoms with Crippen molar-refractivity contribution in [3.8, 4) is 0 Å². The Morgan fingerprint density at radius 3 is 2.61 bits per heavy atom. The molecule has 0 saturated carbocycles. The lowest BCUT2D eigenvalue weighted by Gasteiger charge is -2.09. The number of carbonyl (C=O) groups is 1. The summed E-state index contributed by atoms with van der Waals surface area (Å²) >= 11 is 0. The molecule has 2 aromatic rings. The van der Waals surface area contributed by atoms with E-state index in [1.165, 1.54) is 24.3 Å². The number of carboxylic acids is 1. The van der Waals surface area contributed by atoms with Crippen molar-refractivity contribution in [3.05, 3.63) is 58.8 Å². The highest BCUT2D eigenvalue weighted by atomic mass is 19.1. The fourth-order valence-electron chi connectivity index (χ4n) is 1.56. The van der Waals surface area contributed by atoms with Crippen LogP contribution in [0.3, 0.4) is 0 Å². The van der Waals surface area contributed by atoms with Gasteiger partial charge in [0.2, 0.25) is 5.76 Å². The largest absolute Gasteiger partial charge is 0.475 e. The molecule has 1 aromatic heterocycles. The van der Waals surface area contributed by atoms with Crippen LogP contribution < -0.4 is 0 Å². The number of hydrogen-bond acceptors (Lipinski definition) is 3. The fourth-order valence-corrected chi connectivity index (χ4v) is 1.56. The van der Waals surface area contributed by atoms with Gasteiger partial charge in [-0.1, -0.05) is 12.1 Å². The molecule has 1 heterocycles. The van der Waals surface area contributed by atoms with E-state index in [1.807, 2.05) is 0 Å². The molecule has 5 heteroatoms. The van der Waals surface area contributed by atoms with Gasteiger partial charge in [-0.15, -0.1) is 0 Å². The van der Waals surface area contributed by atoms with Crippen molar-refractivity contribution in [2.75, 3.05) is 0 Å². The molecule has 0 aliphatic carbocycles. The quantitative estimate of drug-likeness (QED) is 0.878. The third kappa shape index (κ3) is 2.26. The maximum Gasteiger partial charge on any atom is 0.371 e. The van der Waals surface area contributed by atoms with E-state index in [0.29, 0.717) is 11.1 Å². The minimum atomic E-state index is -1.22. The highest BCUT2D eigenvalue weighted by Gasteiger charge is 2.18. The predicted molar refractivity (Wildman–Crippen MR) is 60.9 cm³/mol. The third-order valence-electron chi connectivity index (χ3n) is 2.62. The molecule has 94 valence electrons. The number of halogens is 1. The summed E-state index contributed by atoms with van der Waals surface area (Å²) in [5.41, 5.74) is 0.779. The van der Waals surface area contributed by atoms with Crippen molar-refractivity contribution in [1.82, 2.24) is 0 Å². The highest BCUT2D eigenvalue weighted by Crippen LogP contribution is 2.25. The summed E-state index contributed by atoms with van der Waals surface area (Å²) in [5, 5.41) is 18.6. The lowest BCUT2D eigenvalue weighted by molar-refractivity contribution is 0.0655. The lowest BCUT2D eigenvalue weighted by atomic mass is 10.1. The minimum Gasteiger partial charge on any atom is -0.475 e. The van der Waals surface area contributed by atoms with Gasteiger partial charge in [-0.25, -0.2) is 9.18 Å². The number of aromatic carboxylic acids is 1. The standard InChI is InChI=1S/C13H11FO4/c1-7-2-3-8(6-9(7)14)12(15)10-4-5-11(18-10)13(16)17/h2-6,12,15H,1H3,(H,16,17). The summed E-state index contributed by atoms with van der Waals surface area (Å²) in [6, 6.07) is 6.89. The van der Waals surface area contributed by atoms with Crippen LogP contribution in [0.5, 0.6) is 0 Å². The number of aliphatic hydroxyl groups excluding tert-OH is 1. The molecule has 1 aromatic carbocycles. The topological polar surface area (TPSA) is 70.7 Å². The molecule has 0 fully saturated rings. The Morgan fingerprint density at radius 2 is 2.06 bits per heavy atom. The zero-order valence-electron chi connectivity index (χ0n) is 9.55. The predicted octanol–water partition coefficient (Wildman–Crippen LogP) is 2.51. The number of carboxylic acid groups (broad SMARTS) is 1. The van der Waals surface area contributed by atoms with E-state index >= 15 is 0 Å². The molecule has 0 radical (unpaired) electrons. The van der Waals surface area contributed by atoms with E-state index < -0.39 is 17.9 Å². The second kappa shape index (κ2) is 4.62. The Bertz CT molecular complexity index is 588. The zero-order chi connectivity index (χ0) is 13.3. The molecule has 0 bridgehead atoms. The van der Waals surface area contributed by atoms with Gasteiger partial charge >= 0.3 is 5.97 Å². The summed E-state index contributed by atoms with van der Waals surface area (Å²) in [6.07, 6.45) is -1.19. The summed E-state index contributed by atoms with van der Waals surface area (Å²) in [5.74, 6) is -1.85. The van der Waals surface area contributed by atoms with Gasteiger partial charge in [0, 0.05) is 0 Å². The van der Waals surface area contributed by atoms with Crippen molar-refractivity contribution < 1.29 is 23.8 Å². The molecular formula is C13H11FO4. The second-order valence-electron chi connectivity index (χ2n) is 3.92. The van der Waals surface area contributed by atoms with Gasteiger partial charge in [0.05, 0.1) is 0 Å². The first-order valence-corrected chi connectivity index (χ1v) is 5.26. The van der Waals surface area contributed by atoms with Crippen molar-refractivity contribution in [2.45, 2.75) is 13.0 Å². The van der Waals surface area contributed by atoms with Crippen molar-refractivity contribution in [2.24, 2.45) is 0 Å². The van der Waals surface area contributed by atoms with E-state index in [0.717, 1.165) is 0 Å². The van der Waals surface area contributed by atoms with E-state index in [1.54, 1.807) is 13.0 Å². The Labute approximate surface area is 102 Å². The number of furan rings is 1. The highest BCUT2D eigenvalue weighted by molar-refractivity contribution is 5.84. The molecule has 0 aliphatic heterocycles. The van der Waals surface area contributed by atoms with E-state index in [2.05, 4.69) is 0 Å². The maximum absolute atomic E-state index is 13.4. The number of aliphatic hydroxyl groups is 1. The van der Waals surface area contributed by atoms with Crippen molar-refractivity contribution in [1.29, 1.82) is 0 Å². The lowest BCUT2D eigenvalue weighted by Crippen LogP contribution is -2.00. The minimum absolute atomic E-state index is 0.0654. The van der Waals surface area contributed by atoms with Gasteiger partial charge in [-0.05, 0) is 36.2 Å². The third-order valence-corrected chi connectivity index (χ3v) is 2.62. The molecule has 0 saturated heterocycles. The van der Waals surface area contributed by atoms with Crippen LogP contribution in [0.1, 0.15) is 33.5 Å². The first-order valence-electron chi connectivity index (χ1n) is 5.26. The molecule has 18 heavy (non-hydrogen) atoms. The van der Waals surface area contributed by atoms with Crippen molar-refractivity contribution >= 4 is 5.97 Å². The van der Waals surface area contributed by atoms with Crippen LogP contribution in [0.2, 0.25) is 0 Å². The molecule has 0 spiro atoms. The van der Waals surface area contributed by atoms with Crippen LogP contribution in [0.25, 0.3) is 0 Å². The molecule has 1 atom stereocenters. The number of hydrogen-bond donors (Lipinski definition) is 2. The first-order chi connectivity index (χ1) is 8.49. The van der Waals surface area contributed by atoms with Gasteiger partial charge < -0.3 is 14.6 Å². The Balaban J connectivity index is 2.31. The summed E-state index contributed by atoms with van der Waals surface area (Å²) in [4.78, 5) is 10.6. The van der Waals surface area contributed by atoms with Crippen LogP contribution in [0.15, 0.2) is 34.7 Å². The summed E-state index contributed by atoms with van der Waals surface area (Å²) < 4.78 is 18.3. The van der Waals surface area contributed by atoms with Gasteiger partial charge in [0.15, 0.2) is 0 Å². The van der Waals surface area contributed by atoms with Gasteiger partial charge in [0.1, 0.15) is 17.7 Å². The molecular weight excluding hydrogens is 239 g/mol. The fraction of sp³-hybridized carbons (Fsp3) is 0.154. The normalized spacial score (nSPS) is 12.4. The van der Waals surface area contributed by atoms with Gasteiger partial charge in [0.25, 0.3) is 0 Å². The van der Waals surface area contributed by atoms with Crippen LogP contribution in [0, 0.1) is 12.7 Å². The van der Waals surface area contributed by atoms with E-state index in [9.17, 15) is 14.3 Å². The molecule has 2 N–H and O–H groups in total. The smallest absolute Gasteiger partial charge is 0.371 e. The van der Waals surface area contributed by atoms with Crippen LogP contribution in [-0.4, -0.2) is 16.2 Å². The summed E-state index contributed by atoms with van der Waals surface area (Å²) in [6.45, 7) is 1.61. The molecule has 2 rings (SSSR count). The average molecular weight is 250 g/mol. The molecule has 0 aliphatic rings. The van der Waals surface area contributed by atoms with Crippen LogP contribution in [-0.2, 0) is 0 Å².